The number of carbonyl (C=O) groups excluding carboxylic acids is 1. The third-order valence-electron chi connectivity index (χ3n) is 4.02. The first kappa shape index (κ1) is 17.8. The van der Waals surface area contributed by atoms with E-state index >= 15 is 0 Å². The summed E-state index contributed by atoms with van der Waals surface area (Å²) < 4.78 is 7.04. The van der Waals surface area contributed by atoms with Crippen LogP contribution in [-0.2, 0) is 0 Å². The molecule has 2 aromatic heterocycles. The molecule has 1 N–H and O–H groups in total. The first-order chi connectivity index (χ1) is 13.6. The zero-order valence-electron chi connectivity index (χ0n) is 14.5. The number of carbonyl (C=O) groups is 1. The average Bonchev–Trinajstić information content (AvgIpc) is 2.71. The zero-order chi connectivity index (χ0) is 19.5. The molecule has 4 rings (SSSR count). The highest BCUT2D eigenvalue weighted by Gasteiger charge is 2.13. The molecular formula is C21H14ClN3O3. The number of aromatic nitrogens is 2. The SMILES string of the molecule is O=C(Nc1ccc(Oc2ccc(Cl)cc2)cc1)c1cnc2ccccn2c1=O. The number of ether oxygens (including phenoxy) is 1. The van der Waals surface area contributed by atoms with Gasteiger partial charge in [-0.3, -0.25) is 14.0 Å². The van der Waals surface area contributed by atoms with Gasteiger partial charge in [0.2, 0.25) is 0 Å². The fourth-order valence-electron chi connectivity index (χ4n) is 2.63. The molecule has 0 saturated carbocycles. The Balaban J connectivity index is 1.50. The van der Waals surface area contributed by atoms with E-state index in [0.29, 0.717) is 27.9 Å². The lowest BCUT2D eigenvalue weighted by Gasteiger charge is -2.08. The van der Waals surface area contributed by atoms with Crippen LogP contribution >= 0.6 is 11.6 Å². The third-order valence-corrected chi connectivity index (χ3v) is 4.27. The highest BCUT2D eigenvalue weighted by molar-refractivity contribution is 6.30. The molecule has 138 valence electrons. The lowest BCUT2D eigenvalue weighted by Crippen LogP contribution is -2.26. The Bertz CT molecular complexity index is 1200. The van der Waals surface area contributed by atoms with Crippen molar-refractivity contribution in [3.63, 3.8) is 0 Å². The Hall–Kier alpha value is -3.64. The van der Waals surface area contributed by atoms with Crippen LogP contribution in [-0.4, -0.2) is 15.3 Å². The molecule has 7 heteroatoms. The highest BCUT2D eigenvalue weighted by atomic mass is 35.5. The predicted octanol–water partition coefficient (Wildman–Crippen LogP) is 4.39. The molecule has 0 spiro atoms. The normalized spacial score (nSPS) is 10.6. The van der Waals surface area contributed by atoms with Gasteiger partial charge in [-0.25, -0.2) is 4.98 Å². The molecule has 2 heterocycles. The minimum absolute atomic E-state index is 0.0369. The molecule has 0 aliphatic heterocycles. The Morgan fingerprint density at radius 2 is 1.64 bits per heavy atom. The van der Waals surface area contributed by atoms with E-state index in [0.717, 1.165) is 0 Å². The summed E-state index contributed by atoms with van der Waals surface area (Å²) in [5, 5.41) is 3.33. The monoisotopic (exact) mass is 391 g/mol. The number of halogens is 1. The topological polar surface area (TPSA) is 72.7 Å². The maximum Gasteiger partial charge on any atom is 0.270 e. The number of anilines is 1. The molecular weight excluding hydrogens is 378 g/mol. The van der Waals surface area contributed by atoms with Crippen LogP contribution in [0.3, 0.4) is 0 Å². The van der Waals surface area contributed by atoms with Crippen LogP contribution in [0, 0.1) is 0 Å². The van der Waals surface area contributed by atoms with Crippen LogP contribution in [0.15, 0.2) is 83.9 Å². The van der Waals surface area contributed by atoms with E-state index in [2.05, 4.69) is 10.3 Å². The van der Waals surface area contributed by atoms with Gasteiger partial charge in [0.25, 0.3) is 11.5 Å². The number of fused-ring (bicyclic) bond motifs is 1. The molecule has 0 aliphatic carbocycles. The minimum atomic E-state index is -0.526. The molecule has 6 nitrogen and oxygen atoms in total. The number of hydrogen-bond donors (Lipinski definition) is 1. The molecule has 0 unspecified atom stereocenters. The van der Waals surface area contributed by atoms with Crippen LogP contribution in [0.25, 0.3) is 5.65 Å². The van der Waals surface area contributed by atoms with Crippen LogP contribution in [0.5, 0.6) is 11.5 Å². The third kappa shape index (κ3) is 3.72. The first-order valence-corrected chi connectivity index (χ1v) is 8.79. The molecule has 2 aromatic carbocycles. The summed E-state index contributed by atoms with van der Waals surface area (Å²) in [6.45, 7) is 0. The fourth-order valence-corrected chi connectivity index (χ4v) is 2.75. The largest absolute Gasteiger partial charge is 0.457 e. The number of nitrogens with zero attached hydrogens (tertiary/aromatic N) is 2. The molecule has 0 fully saturated rings. The standard InChI is InChI=1S/C21H14ClN3O3/c22-14-4-8-16(9-5-14)28-17-10-6-15(7-11-17)24-20(26)18-13-23-19-3-1-2-12-25(19)21(18)27/h1-13H,(H,24,26). The van der Waals surface area contributed by atoms with E-state index in [4.69, 9.17) is 16.3 Å². The lowest BCUT2D eigenvalue weighted by molar-refractivity contribution is 0.102. The van der Waals surface area contributed by atoms with Crippen molar-refractivity contribution in [2.45, 2.75) is 0 Å². The molecule has 0 aliphatic rings. The van der Waals surface area contributed by atoms with Crippen LogP contribution in [0.2, 0.25) is 5.02 Å². The number of rotatable bonds is 4. The van der Waals surface area contributed by atoms with Gasteiger partial charge in [0.15, 0.2) is 0 Å². The molecule has 0 radical (unpaired) electrons. The van der Waals surface area contributed by atoms with Gasteiger partial charge in [-0.05, 0) is 60.7 Å². The van der Waals surface area contributed by atoms with Crippen LogP contribution < -0.4 is 15.6 Å². The molecule has 0 bridgehead atoms. The predicted molar refractivity (Wildman–Crippen MR) is 107 cm³/mol. The van der Waals surface area contributed by atoms with Crippen molar-refractivity contribution in [2.75, 3.05) is 5.32 Å². The summed E-state index contributed by atoms with van der Waals surface area (Å²) in [7, 11) is 0. The maximum absolute atomic E-state index is 12.5. The number of amides is 1. The van der Waals surface area contributed by atoms with E-state index in [9.17, 15) is 9.59 Å². The summed E-state index contributed by atoms with van der Waals surface area (Å²) in [6.07, 6.45) is 2.86. The van der Waals surface area contributed by atoms with Gasteiger partial charge in [0.05, 0.1) is 0 Å². The van der Waals surface area contributed by atoms with E-state index in [1.54, 1.807) is 72.9 Å². The Kier molecular flexibility index (Phi) is 4.78. The molecule has 0 atom stereocenters. The molecule has 1 amide bonds. The van der Waals surface area contributed by atoms with Gasteiger partial charge in [0.1, 0.15) is 22.7 Å². The second-order valence-corrected chi connectivity index (χ2v) is 6.38. The van der Waals surface area contributed by atoms with Crippen LogP contribution in [0.1, 0.15) is 10.4 Å². The van der Waals surface area contributed by atoms with E-state index < -0.39 is 11.5 Å². The van der Waals surface area contributed by atoms with Crippen molar-refractivity contribution in [3.05, 3.63) is 100 Å². The van der Waals surface area contributed by atoms with Gasteiger partial charge < -0.3 is 10.1 Å². The van der Waals surface area contributed by atoms with Gasteiger partial charge in [-0.15, -0.1) is 0 Å². The number of pyridine rings is 1. The highest BCUT2D eigenvalue weighted by Crippen LogP contribution is 2.24. The fraction of sp³-hybridized carbons (Fsp3) is 0. The zero-order valence-corrected chi connectivity index (χ0v) is 15.3. The van der Waals surface area contributed by atoms with Gasteiger partial charge in [0, 0.05) is 23.1 Å². The van der Waals surface area contributed by atoms with Crippen molar-refractivity contribution in [3.8, 4) is 11.5 Å². The van der Waals surface area contributed by atoms with E-state index in [1.165, 1.54) is 10.6 Å². The summed E-state index contributed by atoms with van der Waals surface area (Å²) >= 11 is 5.85. The van der Waals surface area contributed by atoms with Gasteiger partial charge >= 0.3 is 0 Å². The van der Waals surface area contributed by atoms with Crippen molar-refractivity contribution in [2.24, 2.45) is 0 Å². The van der Waals surface area contributed by atoms with Crippen molar-refractivity contribution in [1.82, 2.24) is 9.38 Å². The van der Waals surface area contributed by atoms with E-state index in [1.807, 2.05) is 0 Å². The summed E-state index contributed by atoms with van der Waals surface area (Å²) in [5.74, 6) is 0.728. The molecule has 0 saturated heterocycles. The maximum atomic E-state index is 12.5. The molecule has 4 aromatic rings. The minimum Gasteiger partial charge on any atom is -0.457 e. The van der Waals surface area contributed by atoms with Crippen molar-refractivity contribution < 1.29 is 9.53 Å². The molecule has 28 heavy (non-hydrogen) atoms. The summed E-state index contributed by atoms with van der Waals surface area (Å²) in [5.41, 5.74) is 0.551. The quantitative estimate of drug-likeness (QED) is 0.560. The second kappa shape index (κ2) is 7.54. The summed E-state index contributed by atoms with van der Waals surface area (Å²) in [6, 6.07) is 19.0. The number of nitrogens with one attached hydrogen (secondary N) is 1. The lowest BCUT2D eigenvalue weighted by atomic mass is 10.2. The Morgan fingerprint density at radius 1 is 0.964 bits per heavy atom. The number of benzene rings is 2. The second-order valence-electron chi connectivity index (χ2n) is 5.94. The first-order valence-electron chi connectivity index (χ1n) is 8.41. The van der Waals surface area contributed by atoms with Gasteiger partial charge in [-0.1, -0.05) is 17.7 Å². The Morgan fingerprint density at radius 3 is 2.36 bits per heavy atom. The smallest absolute Gasteiger partial charge is 0.270 e. The average molecular weight is 392 g/mol. The number of hydrogen-bond acceptors (Lipinski definition) is 4. The van der Waals surface area contributed by atoms with E-state index in [-0.39, 0.29) is 5.56 Å². The van der Waals surface area contributed by atoms with Crippen molar-refractivity contribution in [1.29, 1.82) is 0 Å². The summed E-state index contributed by atoms with van der Waals surface area (Å²) in [4.78, 5) is 29.1. The van der Waals surface area contributed by atoms with Crippen molar-refractivity contribution >= 4 is 28.8 Å². The Labute approximate surface area is 165 Å². The van der Waals surface area contributed by atoms with Gasteiger partial charge in [-0.2, -0.15) is 0 Å². The van der Waals surface area contributed by atoms with Crippen LogP contribution in [0.4, 0.5) is 5.69 Å².